The van der Waals surface area contributed by atoms with Crippen molar-refractivity contribution >= 4 is 28.1 Å². The highest BCUT2D eigenvalue weighted by molar-refractivity contribution is 7.80. The van der Waals surface area contributed by atoms with Crippen molar-refractivity contribution in [2.45, 2.75) is 13.0 Å². The van der Waals surface area contributed by atoms with Gasteiger partial charge in [-0.05, 0) is 53.7 Å². The van der Waals surface area contributed by atoms with Gasteiger partial charge in [0.15, 0.2) is 5.11 Å². The van der Waals surface area contributed by atoms with Crippen molar-refractivity contribution in [2.75, 3.05) is 7.11 Å². The summed E-state index contributed by atoms with van der Waals surface area (Å²) in [5, 5.41) is 12.7. The van der Waals surface area contributed by atoms with Gasteiger partial charge in [-0.25, -0.2) is 5.06 Å². The van der Waals surface area contributed by atoms with E-state index < -0.39 is 0 Å². The third-order valence-electron chi connectivity index (χ3n) is 3.15. The first-order valence-corrected chi connectivity index (χ1v) is 6.29. The molecule has 0 heterocycles. The SMILES string of the molecule is COc1ccc2cc(C(C)N(O)C(N)=S)ccc2c1. The standard InChI is InChI=1S/C14H16N2O2S/c1-9(16(17)14(15)19)10-3-4-12-8-13(18-2)6-5-11(12)7-10/h3-9,17H,1-2H3,(H2,15,19). The van der Waals surface area contributed by atoms with Gasteiger partial charge in [0, 0.05) is 0 Å². The van der Waals surface area contributed by atoms with Crippen molar-refractivity contribution in [1.82, 2.24) is 5.06 Å². The van der Waals surface area contributed by atoms with E-state index in [4.69, 9.17) is 22.7 Å². The zero-order valence-electron chi connectivity index (χ0n) is 10.8. The van der Waals surface area contributed by atoms with Gasteiger partial charge in [0.1, 0.15) is 5.75 Å². The molecule has 0 radical (unpaired) electrons. The van der Waals surface area contributed by atoms with Crippen LogP contribution < -0.4 is 10.5 Å². The summed E-state index contributed by atoms with van der Waals surface area (Å²) in [6.45, 7) is 1.84. The van der Waals surface area contributed by atoms with Crippen LogP contribution in [0.1, 0.15) is 18.5 Å². The topological polar surface area (TPSA) is 58.7 Å². The molecule has 2 aromatic rings. The first-order chi connectivity index (χ1) is 9.02. The number of benzene rings is 2. The van der Waals surface area contributed by atoms with E-state index in [0.717, 1.165) is 27.1 Å². The first-order valence-electron chi connectivity index (χ1n) is 5.88. The number of nitrogens with zero attached hydrogens (tertiary/aromatic N) is 1. The summed E-state index contributed by atoms with van der Waals surface area (Å²) in [7, 11) is 1.64. The second kappa shape index (κ2) is 5.42. The van der Waals surface area contributed by atoms with Gasteiger partial charge in [-0.1, -0.05) is 18.2 Å². The number of fused-ring (bicyclic) bond motifs is 1. The molecule has 1 unspecified atom stereocenters. The molecule has 0 aliphatic heterocycles. The van der Waals surface area contributed by atoms with Gasteiger partial charge in [-0.3, -0.25) is 5.21 Å². The van der Waals surface area contributed by atoms with E-state index >= 15 is 0 Å². The quantitative estimate of drug-likeness (QED) is 0.667. The predicted molar refractivity (Wildman–Crippen MR) is 79.3 cm³/mol. The minimum Gasteiger partial charge on any atom is -0.497 e. The van der Waals surface area contributed by atoms with E-state index in [9.17, 15) is 5.21 Å². The monoisotopic (exact) mass is 276 g/mol. The highest BCUT2D eigenvalue weighted by Crippen LogP contribution is 2.26. The van der Waals surface area contributed by atoms with Crippen LogP contribution in [0.2, 0.25) is 0 Å². The van der Waals surface area contributed by atoms with E-state index in [-0.39, 0.29) is 11.2 Å². The maximum absolute atomic E-state index is 9.75. The van der Waals surface area contributed by atoms with Gasteiger partial charge in [0.25, 0.3) is 0 Å². The van der Waals surface area contributed by atoms with Crippen molar-refractivity contribution in [3.05, 3.63) is 42.0 Å². The van der Waals surface area contributed by atoms with Crippen molar-refractivity contribution in [3.63, 3.8) is 0 Å². The summed E-state index contributed by atoms with van der Waals surface area (Å²) >= 11 is 4.76. The third kappa shape index (κ3) is 2.77. The molecule has 0 saturated carbocycles. The molecular weight excluding hydrogens is 260 g/mol. The lowest BCUT2D eigenvalue weighted by Gasteiger charge is -2.23. The molecule has 0 bridgehead atoms. The Morgan fingerprint density at radius 1 is 1.26 bits per heavy atom. The number of rotatable bonds is 3. The fourth-order valence-electron chi connectivity index (χ4n) is 1.96. The summed E-state index contributed by atoms with van der Waals surface area (Å²) in [5.74, 6) is 0.820. The Morgan fingerprint density at radius 3 is 2.53 bits per heavy atom. The normalized spacial score (nSPS) is 12.2. The average Bonchev–Trinajstić information content (AvgIpc) is 2.44. The highest BCUT2D eigenvalue weighted by atomic mass is 32.1. The Labute approximate surface area is 117 Å². The third-order valence-corrected chi connectivity index (χ3v) is 3.33. The number of methoxy groups -OCH3 is 1. The number of hydrogen-bond donors (Lipinski definition) is 2. The van der Waals surface area contributed by atoms with Gasteiger partial charge in [-0.2, -0.15) is 0 Å². The van der Waals surface area contributed by atoms with Crippen LogP contribution in [-0.4, -0.2) is 22.5 Å². The van der Waals surface area contributed by atoms with E-state index in [0.29, 0.717) is 0 Å². The molecule has 5 heteroatoms. The van der Waals surface area contributed by atoms with E-state index in [1.807, 2.05) is 43.3 Å². The largest absolute Gasteiger partial charge is 0.497 e. The lowest BCUT2D eigenvalue weighted by atomic mass is 10.0. The summed E-state index contributed by atoms with van der Waals surface area (Å²) in [6, 6.07) is 11.5. The second-order valence-electron chi connectivity index (χ2n) is 4.33. The molecular formula is C14H16N2O2S. The molecule has 0 amide bonds. The van der Waals surface area contributed by atoms with Gasteiger partial charge < -0.3 is 10.5 Å². The molecule has 2 rings (SSSR count). The van der Waals surface area contributed by atoms with Crippen LogP contribution in [0, 0.1) is 0 Å². The molecule has 2 aromatic carbocycles. The van der Waals surface area contributed by atoms with Gasteiger partial charge in [-0.15, -0.1) is 0 Å². The van der Waals surface area contributed by atoms with Crippen LogP contribution in [0.3, 0.4) is 0 Å². The van der Waals surface area contributed by atoms with Crippen LogP contribution in [-0.2, 0) is 0 Å². The Balaban J connectivity index is 2.39. The van der Waals surface area contributed by atoms with Crippen LogP contribution in [0.25, 0.3) is 10.8 Å². The molecule has 0 fully saturated rings. The van der Waals surface area contributed by atoms with E-state index in [1.54, 1.807) is 7.11 Å². The van der Waals surface area contributed by atoms with Crippen molar-refractivity contribution in [3.8, 4) is 5.75 Å². The Bertz CT molecular complexity index is 615. The minimum atomic E-state index is -0.288. The molecule has 0 aromatic heterocycles. The summed E-state index contributed by atoms with van der Waals surface area (Å²) in [5.41, 5.74) is 6.35. The number of hydroxylamine groups is 2. The predicted octanol–water partition coefficient (Wildman–Crippen LogP) is 2.84. The summed E-state index contributed by atoms with van der Waals surface area (Å²) in [4.78, 5) is 0. The van der Waals surface area contributed by atoms with Crippen molar-refractivity contribution < 1.29 is 9.94 Å². The number of ether oxygens (including phenoxy) is 1. The van der Waals surface area contributed by atoms with E-state index in [2.05, 4.69) is 0 Å². The molecule has 4 nitrogen and oxygen atoms in total. The minimum absolute atomic E-state index is 0.0395. The Kier molecular flexibility index (Phi) is 3.87. The van der Waals surface area contributed by atoms with Gasteiger partial charge >= 0.3 is 0 Å². The molecule has 100 valence electrons. The Morgan fingerprint density at radius 2 is 1.89 bits per heavy atom. The summed E-state index contributed by atoms with van der Waals surface area (Å²) in [6.07, 6.45) is 0. The molecule has 0 spiro atoms. The average molecular weight is 276 g/mol. The lowest BCUT2D eigenvalue weighted by molar-refractivity contribution is -0.0475. The lowest BCUT2D eigenvalue weighted by Crippen LogP contribution is -2.34. The zero-order valence-corrected chi connectivity index (χ0v) is 11.6. The molecule has 19 heavy (non-hydrogen) atoms. The highest BCUT2D eigenvalue weighted by Gasteiger charge is 2.15. The van der Waals surface area contributed by atoms with Crippen LogP contribution in [0.15, 0.2) is 36.4 Å². The van der Waals surface area contributed by atoms with Gasteiger partial charge in [0.05, 0.1) is 13.2 Å². The molecule has 0 aliphatic rings. The number of thiocarbonyl (C=S) groups is 1. The Hall–Kier alpha value is -1.85. The second-order valence-corrected chi connectivity index (χ2v) is 4.75. The van der Waals surface area contributed by atoms with Gasteiger partial charge in [0.2, 0.25) is 0 Å². The number of hydrogen-bond acceptors (Lipinski definition) is 3. The first kappa shape index (κ1) is 13.6. The van der Waals surface area contributed by atoms with Crippen LogP contribution in [0.4, 0.5) is 0 Å². The molecule has 3 N–H and O–H groups in total. The van der Waals surface area contributed by atoms with Crippen LogP contribution >= 0.6 is 12.2 Å². The summed E-state index contributed by atoms with van der Waals surface area (Å²) < 4.78 is 5.19. The molecule has 0 aliphatic carbocycles. The molecule has 1 atom stereocenters. The zero-order chi connectivity index (χ0) is 14.0. The van der Waals surface area contributed by atoms with Crippen molar-refractivity contribution in [2.24, 2.45) is 5.73 Å². The maximum Gasteiger partial charge on any atom is 0.190 e. The fraction of sp³-hybridized carbons (Fsp3) is 0.214. The van der Waals surface area contributed by atoms with E-state index in [1.165, 1.54) is 0 Å². The maximum atomic E-state index is 9.75. The molecule has 0 saturated heterocycles. The van der Waals surface area contributed by atoms with Crippen molar-refractivity contribution in [1.29, 1.82) is 0 Å². The number of nitrogens with two attached hydrogens (primary N) is 1. The smallest absolute Gasteiger partial charge is 0.190 e. The van der Waals surface area contributed by atoms with Crippen LogP contribution in [0.5, 0.6) is 5.75 Å². The fourth-order valence-corrected chi connectivity index (χ4v) is 2.12.